The fourth-order valence-electron chi connectivity index (χ4n) is 2.18. The van der Waals surface area contributed by atoms with Crippen molar-refractivity contribution in [3.05, 3.63) is 59.2 Å². The van der Waals surface area contributed by atoms with Gasteiger partial charge in [0.25, 0.3) is 5.91 Å². The Kier molecular flexibility index (Phi) is 5.17. The summed E-state index contributed by atoms with van der Waals surface area (Å²) in [6, 6.07) is 13.3. The number of amides is 1. The number of carbonyl (C=O) groups excluding carboxylic acids is 1. The van der Waals surface area contributed by atoms with Crippen molar-refractivity contribution in [2.24, 2.45) is 0 Å². The molecule has 1 amide bonds. The molecule has 4 nitrogen and oxygen atoms in total. The van der Waals surface area contributed by atoms with Crippen LogP contribution in [0.5, 0.6) is 11.5 Å². The fourth-order valence-corrected chi connectivity index (χ4v) is 2.18. The summed E-state index contributed by atoms with van der Waals surface area (Å²) in [7, 11) is 3.10. The molecule has 0 spiro atoms. The Labute approximate surface area is 131 Å². The number of benzene rings is 2. The molecular formula is C18H21NO3. The molecule has 1 unspecified atom stereocenters. The van der Waals surface area contributed by atoms with Gasteiger partial charge in [-0.05, 0) is 54.8 Å². The van der Waals surface area contributed by atoms with Gasteiger partial charge in [-0.3, -0.25) is 4.79 Å². The first-order chi connectivity index (χ1) is 10.5. The maximum Gasteiger partial charge on any atom is 0.253 e. The van der Waals surface area contributed by atoms with E-state index in [9.17, 15) is 4.79 Å². The first kappa shape index (κ1) is 16.0. The van der Waals surface area contributed by atoms with E-state index in [0.717, 1.165) is 11.3 Å². The molecule has 4 heteroatoms. The van der Waals surface area contributed by atoms with Gasteiger partial charge in [0.05, 0.1) is 0 Å². The highest BCUT2D eigenvalue weighted by Gasteiger charge is 2.19. The number of hydrogen-bond acceptors (Lipinski definition) is 3. The van der Waals surface area contributed by atoms with Gasteiger partial charge in [-0.2, -0.15) is 0 Å². The predicted octanol–water partition coefficient (Wildman–Crippen LogP) is 3.53. The smallest absolute Gasteiger partial charge is 0.253 e. The van der Waals surface area contributed by atoms with Gasteiger partial charge in [-0.1, -0.05) is 18.2 Å². The van der Waals surface area contributed by atoms with Gasteiger partial charge in [0.2, 0.25) is 0 Å². The van der Waals surface area contributed by atoms with Crippen molar-refractivity contribution in [3.8, 4) is 11.5 Å². The minimum Gasteiger partial charge on any atom is -0.457 e. The van der Waals surface area contributed by atoms with Crippen LogP contribution in [0.2, 0.25) is 0 Å². The number of rotatable bonds is 5. The molecule has 2 aromatic carbocycles. The lowest BCUT2D eigenvalue weighted by atomic mass is 10.1. The Balaban J connectivity index is 2.24. The minimum atomic E-state index is -0.645. The average Bonchev–Trinajstić information content (AvgIpc) is 2.52. The quantitative estimate of drug-likeness (QED) is 0.918. The molecule has 0 saturated carbocycles. The number of nitrogens with one attached hydrogen (secondary N) is 1. The SMILES string of the molecule is CNC(=O)C(OC)c1cccc(Oc2ccc(C)c(C)c2)c1. The maximum atomic E-state index is 11.8. The van der Waals surface area contributed by atoms with Gasteiger partial charge in [-0.25, -0.2) is 0 Å². The van der Waals surface area contributed by atoms with Crippen molar-refractivity contribution >= 4 is 5.91 Å². The lowest BCUT2D eigenvalue weighted by Gasteiger charge is -2.15. The van der Waals surface area contributed by atoms with Gasteiger partial charge in [0, 0.05) is 14.2 Å². The topological polar surface area (TPSA) is 47.6 Å². The lowest BCUT2D eigenvalue weighted by Crippen LogP contribution is -2.26. The fraction of sp³-hybridized carbons (Fsp3) is 0.278. The van der Waals surface area contributed by atoms with Crippen LogP contribution in [-0.2, 0) is 9.53 Å². The number of methoxy groups -OCH3 is 1. The second kappa shape index (κ2) is 7.09. The number of carbonyl (C=O) groups is 1. The molecule has 1 N–H and O–H groups in total. The van der Waals surface area contributed by atoms with Crippen LogP contribution >= 0.6 is 0 Å². The maximum absolute atomic E-state index is 11.8. The highest BCUT2D eigenvalue weighted by molar-refractivity contribution is 5.82. The summed E-state index contributed by atoms with van der Waals surface area (Å²) < 4.78 is 11.1. The first-order valence-electron chi connectivity index (χ1n) is 7.14. The number of ether oxygens (including phenoxy) is 2. The van der Waals surface area contributed by atoms with E-state index in [0.29, 0.717) is 5.75 Å². The largest absolute Gasteiger partial charge is 0.457 e. The third-order valence-electron chi connectivity index (χ3n) is 3.60. The van der Waals surface area contributed by atoms with Gasteiger partial charge in [-0.15, -0.1) is 0 Å². The Bertz CT molecular complexity index is 667. The third-order valence-corrected chi connectivity index (χ3v) is 3.60. The zero-order chi connectivity index (χ0) is 16.1. The highest BCUT2D eigenvalue weighted by Crippen LogP contribution is 2.27. The van der Waals surface area contributed by atoms with Crippen LogP contribution in [0.25, 0.3) is 0 Å². The second-order valence-electron chi connectivity index (χ2n) is 5.15. The molecule has 0 aromatic heterocycles. The van der Waals surface area contributed by atoms with E-state index < -0.39 is 6.10 Å². The van der Waals surface area contributed by atoms with E-state index in [1.54, 1.807) is 7.05 Å². The van der Waals surface area contributed by atoms with E-state index >= 15 is 0 Å². The van der Waals surface area contributed by atoms with Crippen LogP contribution < -0.4 is 10.1 Å². The standard InChI is InChI=1S/C18H21NO3/c1-12-8-9-16(10-13(12)2)22-15-7-5-6-14(11-15)17(21-4)18(20)19-3/h5-11,17H,1-4H3,(H,19,20). The van der Waals surface area contributed by atoms with E-state index in [1.165, 1.54) is 18.2 Å². The molecule has 0 aliphatic rings. The third kappa shape index (κ3) is 3.65. The molecule has 22 heavy (non-hydrogen) atoms. The molecular weight excluding hydrogens is 278 g/mol. The van der Waals surface area contributed by atoms with Gasteiger partial charge in [0.1, 0.15) is 11.5 Å². The lowest BCUT2D eigenvalue weighted by molar-refractivity contribution is -0.130. The van der Waals surface area contributed by atoms with Gasteiger partial charge >= 0.3 is 0 Å². The van der Waals surface area contributed by atoms with Crippen LogP contribution in [0.3, 0.4) is 0 Å². The van der Waals surface area contributed by atoms with Crippen LogP contribution in [0.4, 0.5) is 0 Å². The van der Waals surface area contributed by atoms with Crippen LogP contribution in [0, 0.1) is 13.8 Å². The molecule has 0 saturated heterocycles. The Morgan fingerprint density at radius 3 is 2.41 bits per heavy atom. The summed E-state index contributed by atoms with van der Waals surface area (Å²) in [5.41, 5.74) is 3.15. The van der Waals surface area contributed by atoms with Gasteiger partial charge in [0.15, 0.2) is 6.10 Å². The van der Waals surface area contributed by atoms with E-state index in [2.05, 4.69) is 12.2 Å². The summed E-state index contributed by atoms with van der Waals surface area (Å²) in [6.45, 7) is 4.11. The predicted molar refractivity (Wildman–Crippen MR) is 86.2 cm³/mol. The molecule has 0 aliphatic carbocycles. The first-order valence-corrected chi connectivity index (χ1v) is 7.14. The zero-order valence-corrected chi connectivity index (χ0v) is 13.3. The van der Waals surface area contributed by atoms with Crippen molar-refractivity contribution in [3.63, 3.8) is 0 Å². The Hall–Kier alpha value is -2.33. The molecule has 116 valence electrons. The zero-order valence-electron chi connectivity index (χ0n) is 13.3. The molecule has 0 heterocycles. The summed E-state index contributed by atoms with van der Waals surface area (Å²) in [4.78, 5) is 11.8. The van der Waals surface area contributed by atoms with Crippen LogP contribution in [-0.4, -0.2) is 20.1 Å². The molecule has 1 atom stereocenters. The number of likely N-dealkylation sites (N-methyl/N-ethyl adjacent to an activating group) is 1. The van der Waals surface area contributed by atoms with Crippen LogP contribution in [0.1, 0.15) is 22.8 Å². The van der Waals surface area contributed by atoms with Crippen molar-refractivity contribution < 1.29 is 14.3 Å². The molecule has 0 radical (unpaired) electrons. The summed E-state index contributed by atoms with van der Waals surface area (Å²) in [6.07, 6.45) is -0.645. The van der Waals surface area contributed by atoms with Crippen molar-refractivity contribution in [2.45, 2.75) is 20.0 Å². The molecule has 2 rings (SSSR count). The van der Waals surface area contributed by atoms with E-state index in [1.807, 2.05) is 49.4 Å². The van der Waals surface area contributed by atoms with E-state index in [-0.39, 0.29) is 5.91 Å². The second-order valence-corrected chi connectivity index (χ2v) is 5.15. The van der Waals surface area contributed by atoms with Crippen LogP contribution in [0.15, 0.2) is 42.5 Å². The van der Waals surface area contributed by atoms with Crippen molar-refractivity contribution in [2.75, 3.05) is 14.2 Å². The Morgan fingerprint density at radius 2 is 1.77 bits per heavy atom. The normalized spacial score (nSPS) is 11.8. The van der Waals surface area contributed by atoms with E-state index in [4.69, 9.17) is 9.47 Å². The Morgan fingerprint density at radius 1 is 1.05 bits per heavy atom. The molecule has 0 aliphatic heterocycles. The number of aryl methyl sites for hydroxylation is 2. The highest BCUT2D eigenvalue weighted by atomic mass is 16.5. The van der Waals surface area contributed by atoms with Crippen molar-refractivity contribution in [1.29, 1.82) is 0 Å². The van der Waals surface area contributed by atoms with Gasteiger partial charge < -0.3 is 14.8 Å². The monoisotopic (exact) mass is 299 g/mol. The minimum absolute atomic E-state index is 0.189. The average molecular weight is 299 g/mol. The number of hydrogen-bond donors (Lipinski definition) is 1. The summed E-state index contributed by atoms with van der Waals surface area (Å²) in [5.74, 6) is 1.26. The molecule has 2 aromatic rings. The summed E-state index contributed by atoms with van der Waals surface area (Å²) in [5, 5.41) is 2.59. The van der Waals surface area contributed by atoms with Crippen molar-refractivity contribution in [1.82, 2.24) is 5.32 Å². The molecule has 0 bridgehead atoms. The molecule has 0 fully saturated rings. The summed E-state index contributed by atoms with van der Waals surface area (Å²) >= 11 is 0.